The van der Waals surface area contributed by atoms with Crippen molar-refractivity contribution in [3.05, 3.63) is 30.1 Å². The second kappa shape index (κ2) is 7.31. The Labute approximate surface area is 126 Å². The fourth-order valence-corrected chi connectivity index (χ4v) is 4.46. The summed E-state index contributed by atoms with van der Waals surface area (Å²) in [5.74, 6) is 0. The molecule has 1 aromatic heterocycles. The third-order valence-corrected chi connectivity index (χ3v) is 5.94. The molecular weight excluding hydrogens is 290 g/mol. The number of aliphatic hydroxyl groups excluding tert-OH is 1. The molecule has 6 nitrogen and oxygen atoms in total. The molecule has 1 fully saturated rings. The lowest BCUT2D eigenvalue weighted by molar-refractivity contribution is 0.147. The lowest BCUT2D eigenvalue weighted by Crippen LogP contribution is -2.51. The van der Waals surface area contributed by atoms with Crippen LogP contribution in [0.2, 0.25) is 0 Å². The molecule has 0 aromatic carbocycles. The van der Waals surface area contributed by atoms with E-state index in [1.165, 1.54) is 8.61 Å². The maximum Gasteiger partial charge on any atom is 0.282 e. The maximum absolute atomic E-state index is 12.8. The van der Waals surface area contributed by atoms with Gasteiger partial charge in [-0.15, -0.1) is 0 Å². The van der Waals surface area contributed by atoms with Gasteiger partial charge in [-0.2, -0.15) is 17.0 Å². The fourth-order valence-electron chi connectivity index (χ4n) is 2.64. The molecule has 1 aromatic rings. The second-order valence-corrected chi connectivity index (χ2v) is 7.08. The van der Waals surface area contributed by atoms with Gasteiger partial charge >= 0.3 is 0 Å². The number of rotatable bonds is 6. The van der Waals surface area contributed by atoms with Crippen LogP contribution in [0.3, 0.4) is 0 Å². The van der Waals surface area contributed by atoms with E-state index >= 15 is 0 Å². The maximum atomic E-state index is 12.8. The van der Waals surface area contributed by atoms with Crippen LogP contribution in [0.15, 0.2) is 24.4 Å². The Morgan fingerprint density at radius 2 is 2.24 bits per heavy atom. The summed E-state index contributed by atoms with van der Waals surface area (Å²) in [6, 6.07) is 5.17. The van der Waals surface area contributed by atoms with Crippen LogP contribution in [0, 0.1) is 0 Å². The average Bonchev–Trinajstić information content (AvgIpc) is 2.53. The molecule has 1 aliphatic heterocycles. The van der Waals surface area contributed by atoms with E-state index in [1.807, 2.05) is 19.1 Å². The summed E-state index contributed by atoms with van der Waals surface area (Å²) in [6.07, 6.45) is 4.19. The summed E-state index contributed by atoms with van der Waals surface area (Å²) in [4.78, 5) is 4.19. The fraction of sp³-hybridized carbons (Fsp3) is 0.643. The van der Waals surface area contributed by atoms with Crippen molar-refractivity contribution in [3.8, 4) is 0 Å². The van der Waals surface area contributed by atoms with Crippen LogP contribution in [0.25, 0.3) is 0 Å². The highest BCUT2D eigenvalue weighted by Gasteiger charge is 2.35. The van der Waals surface area contributed by atoms with Gasteiger partial charge in [0.1, 0.15) is 0 Å². The number of hydrogen-bond donors (Lipinski definition) is 1. The van der Waals surface area contributed by atoms with Crippen molar-refractivity contribution in [1.29, 1.82) is 0 Å². The zero-order valence-corrected chi connectivity index (χ0v) is 13.2. The highest BCUT2D eigenvalue weighted by Crippen LogP contribution is 2.23. The molecule has 0 aliphatic carbocycles. The predicted molar refractivity (Wildman–Crippen MR) is 80.7 cm³/mol. The van der Waals surface area contributed by atoms with E-state index < -0.39 is 10.2 Å². The summed E-state index contributed by atoms with van der Waals surface area (Å²) in [5.41, 5.74) is 0.723. The van der Waals surface area contributed by atoms with Crippen LogP contribution < -0.4 is 0 Å². The van der Waals surface area contributed by atoms with E-state index in [0.717, 1.165) is 25.0 Å². The Kier molecular flexibility index (Phi) is 5.69. The molecule has 0 spiro atoms. The second-order valence-electron chi connectivity index (χ2n) is 5.20. The van der Waals surface area contributed by atoms with Gasteiger partial charge in [0, 0.05) is 25.3 Å². The van der Waals surface area contributed by atoms with Crippen molar-refractivity contribution in [2.24, 2.45) is 0 Å². The predicted octanol–water partition coefficient (Wildman–Crippen LogP) is 0.995. The first-order valence-electron chi connectivity index (χ1n) is 7.37. The minimum Gasteiger partial charge on any atom is -0.395 e. The molecule has 0 bridgehead atoms. The van der Waals surface area contributed by atoms with Crippen LogP contribution in [0.1, 0.15) is 31.9 Å². The highest BCUT2D eigenvalue weighted by molar-refractivity contribution is 7.86. The molecule has 0 amide bonds. The van der Waals surface area contributed by atoms with Crippen molar-refractivity contribution in [1.82, 2.24) is 13.6 Å². The van der Waals surface area contributed by atoms with Crippen LogP contribution in [0.4, 0.5) is 0 Å². The van der Waals surface area contributed by atoms with Crippen molar-refractivity contribution < 1.29 is 13.5 Å². The zero-order valence-electron chi connectivity index (χ0n) is 12.4. The molecule has 2 rings (SSSR count). The smallest absolute Gasteiger partial charge is 0.282 e. The molecule has 1 atom stereocenters. The molecule has 0 saturated carbocycles. The Bertz CT molecular complexity index is 536. The van der Waals surface area contributed by atoms with E-state index in [1.54, 1.807) is 12.3 Å². The molecule has 1 saturated heterocycles. The van der Waals surface area contributed by atoms with Crippen LogP contribution in [-0.2, 0) is 16.8 Å². The van der Waals surface area contributed by atoms with Gasteiger partial charge in [-0.05, 0) is 25.0 Å². The molecule has 7 heteroatoms. The van der Waals surface area contributed by atoms with E-state index in [0.29, 0.717) is 13.1 Å². The van der Waals surface area contributed by atoms with Gasteiger partial charge in [-0.3, -0.25) is 4.98 Å². The number of piperidine rings is 1. The van der Waals surface area contributed by atoms with Crippen molar-refractivity contribution in [2.45, 2.75) is 38.8 Å². The summed E-state index contributed by atoms with van der Waals surface area (Å²) < 4.78 is 28.5. The van der Waals surface area contributed by atoms with Gasteiger partial charge in [0.15, 0.2) is 0 Å². The van der Waals surface area contributed by atoms with Gasteiger partial charge < -0.3 is 5.11 Å². The summed E-state index contributed by atoms with van der Waals surface area (Å²) >= 11 is 0. The molecule has 1 N–H and O–H groups in total. The third-order valence-electron chi connectivity index (χ3n) is 3.82. The molecule has 118 valence electrons. The number of hydrogen-bond acceptors (Lipinski definition) is 4. The van der Waals surface area contributed by atoms with Crippen molar-refractivity contribution in [2.75, 3.05) is 19.7 Å². The molecule has 0 radical (unpaired) electrons. The Hall–Kier alpha value is -1.02. The molecular formula is C14H23N3O3S. The number of pyridine rings is 1. The van der Waals surface area contributed by atoms with Gasteiger partial charge in [-0.1, -0.05) is 19.4 Å². The van der Waals surface area contributed by atoms with Gasteiger partial charge in [0.2, 0.25) is 0 Å². The Balaban J connectivity index is 2.18. The zero-order chi connectivity index (χ0) is 15.3. The summed E-state index contributed by atoms with van der Waals surface area (Å²) in [5, 5.41) is 9.43. The molecule has 2 heterocycles. The minimum absolute atomic E-state index is 0.125. The lowest BCUT2D eigenvalue weighted by Gasteiger charge is -2.36. The normalized spacial score (nSPS) is 20.8. The topological polar surface area (TPSA) is 73.7 Å². The first-order chi connectivity index (χ1) is 10.1. The quantitative estimate of drug-likeness (QED) is 0.850. The Morgan fingerprint density at radius 1 is 1.43 bits per heavy atom. The molecule has 21 heavy (non-hydrogen) atoms. The molecule has 1 unspecified atom stereocenters. The van der Waals surface area contributed by atoms with E-state index in [9.17, 15) is 13.5 Å². The minimum atomic E-state index is -3.57. The number of aromatic nitrogens is 1. The van der Waals surface area contributed by atoms with Gasteiger partial charge in [-0.25, -0.2) is 0 Å². The third kappa shape index (κ3) is 3.79. The van der Waals surface area contributed by atoms with Gasteiger partial charge in [0.05, 0.1) is 18.8 Å². The van der Waals surface area contributed by atoms with E-state index in [4.69, 9.17) is 0 Å². The standard InChI is InChI=1S/C14H23N3O3S/c1-2-16(11-13-7-3-5-9-15-13)21(19,20)17-10-6-4-8-14(17)12-18/h3,5,7,9,14,18H,2,4,6,8,10-12H2,1H3. The summed E-state index contributed by atoms with van der Waals surface area (Å²) in [6.45, 7) is 2.81. The van der Waals surface area contributed by atoms with Crippen molar-refractivity contribution >= 4 is 10.2 Å². The summed E-state index contributed by atoms with van der Waals surface area (Å²) in [7, 11) is -3.57. The molecule has 1 aliphatic rings. The number of nitrogens with zero attached hydrogens (tertiary/aromatic N) is 3. The number of aliphatic hydroxyl groups is 1. The largest absolute Gasteiger partial charge is 0.395 e. The average molecular weight is 313 g/mol. The first kappa shape index (κ1) is 16.4. The first-order valence-corrected chi connectivity index (χ1v) is 8.77. The van der Waals surface area contributed by atoms with E-state index in [2.05, 4.69) is 4.98 Å². The highest BCUT2D eigenvalue weighted by atomic mass is 32.2. The van der Waals surface area contributed by atoms with Gasteiger partial charge in [0.25, 0.3) is 10.2 Å². The van der Waals surface area contributed by atoms with Crippen molar-refractivity contribution in [3.63, 3.8) is 0 Å². The monoisotopic (exact) mass is 313 g/mol. The van der Waals surface area contributed by atoms with E-state index in [-0.39, 0.29) is 19.2 Å². The SMILES string of the molecule is CCN(Cc1ccccn1)S(=O)(=O)N1CCCCC1CO. The Morgan fingerprint density at radius 3 is 2.86 bits per heavy atom. The van der Waals surface area contributed by atoms with Crippen LogP contribution in [0.5, 0.6) is 0 Å². The van der Waals surface area contributed by atoms with Crippen LogP contribution >= 0.6 is 0 Å². The van der Waals surface area contributed by atoms with Crippen LogP contribution in [-0.4, -0.2) is 52.9 Å². The lowest BCUT2D eigenvalue weighted by atomic mass is 10.1.